The van der Waals surface area contributed by atoms with E-state index in [4.69, 9.17) is 5.73 Å². The molecule has 0 amide bonds. The van der Waals surface area contributed by atoms with Gasteiger partial charge < -0.3 is 16.0 Å². The molecule has 0 aliphatic rings. The standard InChI is InChI=1S/C14H18BrN5/c1-20(11-6-3-2-4-7-11)9-5-8-17-14-18-12(15)10-13(16)19-14/h2-4,6-7,10H,5,8-9H2,1H3,(H3,16,17,18,19). The number of nitrogens with two attached hydrogens (primary N) is 1. The molecule has 20 heavy (non-hydrogen) atoms. The van der Waals surface area contributed by atoms with E-state index in [1.165, 1.54) is 5.69 Å². The average Bonchev–Trinajstić information content (AvgIpc) is 2.43. The third-order valence-corrected chi connectivity index (χ3v) is 3.27. The number of hydrogen-bond donors (Lipinski definition) is 2. The molecule has 1 heterocycles. The first-order valence-electron chi connectivity index (χ1n) is 6.45. The number of nitrogen functional groups attached to an aromatic ring is 1. The number of halogens is 1. The van der Waals surface area contributed by atoms with Gasteiger partial charge in [-0.25, -0.2) is 4.98 Å². The molecule has 0 aliphatic heterocycles. The zero-order valence-corrected chi connectivity index (χ0v) is 13.0. The van der Waals surface area contributed by atoms with Crippen LogP contribution in [0.2, 0.25) is 0 Å². The number of benzene rings is 1. The summed E-state index contributed by atoms with van der Waals surface area (Å²) in [6, 6.07) is 12.0. The molecule has 3 N–H and O–H groups in total. The van der Waals surface area contributed by atoms with Gasteiger partial charge >= 0.3 is 0 Å². The maximum Gasteiger partial charge on any atom is 0.225 e. The summed E-state index contributed by atoms with van der Waals surface area (Å²) in [5.74, 6) is 1.01. The molecule has 0 bridgehead atoms. The van der Waals surface area contributed by atoms with Crippen LogP contribution in [0.5, 0.6) is 0 Å². The quantitative estimate of drug-likeness (QED) is 0.627. The van der Waals surface area contributed by atoms with E-state index in [9.17, 15) is 0 Å². The Morgan fingerprint density at radius 2 is 2.00 bits per heavy atom. The van der Waals surface area contributed by atoms with Crippen LogP contribution in [0.4, 0.5) is 17.5 Å². The Labute approximate surface area is 127 Å². The molecular weight excluding hydrogens is 318 g/mol. The summed E-state index contributed by atoms with van der Waals surface area (Å²) in [5, 5.41) is 3.17. The van der Waals surface area contributed by atoms with Crippen LogP contribution in [0.3, 0.4) is 0 Å². The van der Waals surface area contributed by atoms with Crippen molar-refractivity contribution >= 4 is 33.4 Å². The van der Waals surface area contributed by atoms with Gasteiger partial charge in [0.15, 0.2) is 0 Å². The minimum atomic E-state index is 0.454. The van der Waals surface area contributed by atoms with Crippen LogP contribution in [0, 0.1) is 0 Å². The molecule has 0 spiro atoms. The lowest BCUT2D eigenvalue weighted by molar-refractivity contribution is 0.811. The predicted octanol–water partition coefficient (Wildman–Crippen LogP) is 2.76. The van der Waals surface area contributed by atoms with Crippen molar-refractivity contribution in [3.05, 3.63) is 41.0 Å². The van der Waals surface area contributed by atoms with Crippen LogP contribution in [-0.4, -0.2) is 30.1 Å². The van der Waals surface area contributed by atoms with Crippen LogP contribution in [0.1, 0.15) is 6.42 Å². The molecule has 0 radical (unpaired) electrons. The molecule has 1 aromatic carbocycles. The van der Waals surface area contributed by atoms with Crippen molar-refractivity contribution in [1.82, 2.24) is 9.97 Å². The predicted molar refractivity (Wildman–Crippen MR) is 87.0 cm³/mol. The van der Waals surface area contributed by atoms with Gasteiger partial charge in [0.05, 0.1) is 0 Å². The van der Waals surface area contributed by atoms with Crippen LogP contribution < -0.4 is 16.0 Å². The van der Waals surface area contributed by atoms with Gasteiger partial charge in [-0.15, -0.1) is 0 Å². The first kappa shape index (κ1) is 14.6. The maximum absolute atomic E-state index is 5.66. The highest BCUT2D eigenvalue weighted by Gasteiger charge is 2.02. The number of nitrogens with one attached hydrogen (secondary N) is 1. The van der Waals surface area contributed by atoms with Gasteiger partial charge in [0.1, 0.15) is 10.4 Å². The summed E-state index contributed by atoms with van der Waals surface area (Å²) in [6.07, 6.45) is 0.987. The van der Waals surface area contributed by atoms with Gasteiger partial charge in [-0.3, -0.25) is 0 Å². The van der Waals surface area contributed by atoms with Crippen LogP contribution in [-0.2, 0) is 0 Å². The molecule has 106 valence electrons. The van der Waals surface area contributed by atoms with Gasteiger partial charge in [-0.1, -0.05) is 18.2 Å². The summed E-state index contributed by atoms with van der Waals surface area (Å²) in [4.78, 5) is 10.6. The fraction of sp³-hybridized carbons (Fsp3) is 0.286. The molecule has 0 saturated carbocycles. The van der Waals surface area contributed by atoms with E-state index < -0.39 is 0 Å². The zero-order chi connectivity index (χ0) is 14.4. The lowest BCUT2D eigenvalue weighted by Crippen LogP contribution is -2.21. The summed E-state index contributed by atoms with van der Waals surface area (Å²) < 4.78 is 0.689. The fourth-order valence-corrected chi connectivity index (χ4v) is 2.24. The lowest BCUT2D eigenvalue weighted by atomic mass is 10.3. The molecule has 2 rings (SSSR count). The molecule has 0 atom stereocenters. The summed E-state index contributed by atoms with van der Waals surface area (Å²) in [5.41, 5.74) is 6.88. The normalized spacial score (nSPS) is 10.3. The fourth-order valence-electron chi connectivity index (χ4n) is 1.84. The Morgan fingerprint density at radius 3 is 2.70 bits per heavy atom. The summed E-state index contributed by atoms with van der Waals surface area (Å²) in [6.45, 7) is 1.76. The van der Waals surface area contributed by atoms with Crippen molar-refractivity contribution in [2.45, 2.75) is 6.42 Å². The monoisotopic (exact) mass is 335 g/mol. The van der Waals surface area contributed by atoms with Crippen molar-refractivity contribution in [2.75, 3.05) is 36.1 Å². The number of aromatic nitrogens is 2. The number of nitrogens with zero attached hydrogens (tertiary/aromatic N) is 3. The number of anilines is 3. The van der Waals surface area contributed by atoms with Crippen molar-refractivity contribution in [2.24, 2.45) is 0 Å². The Hall–Kier alpha value is -1.82. The largest absolute Gasteiger partial charge is 0.383 e. The molecule has 5 nitrogen and oxygen atoms in total. The molecule has 6 heteroatoms. The number of para-hydroxylation sites is 1. The van der Waals surface area contributed by atoms with E-state index in [1.54, 1.807) is 6.07 Å². The Balaban J connectivity index is 1.76. The molecule has 0 aliphatic carbocycles. The Bertz CT molecular complexity index is 526. The highest BCUT2D eigenvalue weighted by atomic mass is 79.9. The van der Waals surface area contributed by atoms with Crippen LogP contribution in [0.25, 0.3) is 0 Å². The van der Waals surface area contributed by atoms with Gasteiger partial charge in [-0.2, -0.15) is 4.98 Å². The van der Waals surface area contributed by atoms with Crippen LogP contribution >= 0.6 is 15.9 Å². The van der Waals surface area contributed by atoms with Gasteiger partial charge in [-0.05, 0) is 34.5 Å². The average molecular weight is 336 g/mol. The first-order valence-corrected chi connectivity index (χ1v) is 7.24. The maximum atomic E-state index is 5.66. The Morgan fingerprint density at radius 1 is 1.25 bits per heavy atom. The van der Waals surface area contributed by atoms with Crippen molar-refractivity contribution in [3.63, 3.8) is 0 Å². The third-order valence-electron chi connectivity index (χ3n) is 2.87. The van der Waals surface area contributed by atoms with Crippen molar-refractivity contribution < 1.29 is 0 Å². The second-order valence-electron chi connectivity index (χ2n) is 4.48. The smallest absolute Gasteiger partial charge is 0.225 e. The first-order chi connectivity index (χ1) is 9.65. The molecule has 2 aromatic rings. The number of hydrogen-bond acceptors (Lipinski definition) is 5. The minimum absolute atomic E-state index is 0.454. The van der Waals surface area contributed by atoms with E-state index in [0.29, 0.717) is 16.4 Å². The molecule has 1 aromatic heterocycles. The molecular formula is C14H18BrN5. The van der Waals surface area contributed by atoms with Gasteiger partial charge in [0.2, 0.25) is 5.95 Å². The minimum Gasteiger partial charge on any atom is -0.383 e. The van der Waals surface area contributed by atoms with Crippen LogP contribution in [0.15, 0.2) is 41.0 Å². The second kappa shape index (κ2) is 7.09. The van der Waals surface area contributed by atoms with Crippen molar-refractivity contribution in [1.29, 1.82) is 0 Å². The SMILES string of the molecule is CN(CCCNc1nc(N)cc(Br)n1)c1ccccc1. The molecule has 0 fully saturated rings. The molecule has 0 saturated heterocycles. The summed E-state index contributed by atoms with van der Waals surface area (Å²) in [7, 11) is 2.09. The van der Waals surface area contributed by atoms with Crippen molar-refractivity contribution in [3.8, 4) is 0 Å². The van der Waals surface area contributed by atoms with E-state index in [0.717, 1.165) is 19.5 Å². The van der Waals surface area contributed by atoms with Gasteiger partial charge in [0, 0.05) is 31.9 Å². The number of rotatable bonds is 6. The van der Waals surface area contributed by atoms with E-state index >= 15 is 0 Å². The lowest BCUT2D eigenvalue weighted by Gasteiger charge is -2.19. The van der Waals surface area contributed by atoms with E-state index in [1.807, 2.05) is 18.2 Å². The third kappa shape index (κ3) is 4.38. The highest BCUT2D eigenvalue weighted by Crippen LogP contribution is 2.13. The second-order valence-corrected chi connectivity index (χ2v) is 5.29. The van der Waals surface area contributed by atoms with E-state index in [2.05, 4.69) is 55.3 Å². The van der Waals surface area contributed by atoms with E-state index in [-0.39, 0.29) is 0 Å². The topological polar surface area (TPSA) is 67.1 Å². The van der Waals surface area contributed by atoms with Gasteiger partial charge in [0.25, 0.3) is 0 Å². The zero-order valence-electron chi connectivity index (χ0n) is 11.4. The molecule has 0 unspecified atom stereocenters. The highest BCUT2D eigenvalue weighted by molar-refractivity contribution is 9.10. The Kier molecular flexibility index (Phi) is 5.17. The summed E-state index contributed by atoms with van der Waals surface area (Å²) >= 11 is 3.30.